The Hall–Kier alpha value is -1.88. The lowest BCUT2D eigenvalue weighted by Gasteiger charge is -2.22. The van der Waals surface area contributed by atoms with Crippen LogP contribution in [0, 0.1) is 12.8 Å². The second-order valence-electron chi connectivity index (χ2n) is 6.78. The van der Waals surface area contributed by atoms with Crippen LogP contribution in [0.5, 0.6) is 0 Å². The number of nitrogens with zero attached hydrogens (tertiary/aromatic N) is 3. The topological polar surface area (TPSA) is 159 Å². The minimum absolute atomic E-state index is 0.0250. The van der Waals surface area contributed by atoms with Crippen molar-refractivity contribution in [2.75, 3.05) is 12.3 Å². The monoisotopic (exact) mass is 458 g/mol. The highest BCUT2D eigenvalue weighted by molar-refractivity contribution is 8.02. The molecule has 0 saturated heterocycles. The number of thiol groups is 1. The van der Waals surface area contributed by atoms with Crippen LogP contribution in [-0.4, -0.2) is 47.8 Å². The summed E-state index contributed by atoms with van der Waals surface area (Å²) in [6.45, 7) is 3.26. The average molecular weight is 458 g/mol. The molecule has 0 aromatic carbocycles. The third-order valence-electron chi connectivity index (χ3n) is 4.56. The molecule has 0 saturated carbocycles. The third-order valence-corrected chi connectivity index (χ3v) is 6.49. The molecule has 0 unspecified atom stereocenters. The number of aryl methyl sites for hydroxylation is 1. The second kappa shape index (κ2) is 10.9. The number of phosphoric ester groups is 1. The van der Waals surface area contributed by atoms with Crippen LogP contribution < -0.4 is 5.73 Å². The Bertz CT molecular complexity index is 906. The van der Waals surface area contributed by atoms with Gasteiger partial charge in [0.2, 0.25) is 6.41 Å². The van der Waals surface area contributed by atoms with Crippen LogP contribution in [0.25, 0.3) is 0 Å². The van der Waals surface area contributed by atoms with Gasteiger partial charge in [-0.1, -0.05) is 12.2 Å². The number of nitrogens with two attached hydrogens (primary N) is 1. The average Bonchev–Trinajstić information content (AvgIpc) is 3.20. The molecule has 0 bridgehead atoms. The number of allylic oxidation sites excluding steroid dienone is 3. The first kappa shape index (κ1) is 24.4. The number of carbonyl (C=O) groups excluding carboxylic acids is 1. The maximum Gasteiger partial charge on any atom is 0.469 e. The van der Waals surface area contributed by atoms with Crippen LogP contribution in [-0.2, 0) is 20.4 Å². The van der Waals surface area contributed by atoms with E-state index in [2.05, 4.69) is 14.5 Å². The highest BCUT2D eigenvalue weighted by atomic mass is 32.1. The molecule has 0 radical (unpaired) electrons. The van der Waals surface area contributed by atoms with E-state index in [4.69, 9.17) is 15.5 Å². The van der Waals surface area contributed by atoms with Crippen LogP contribution >= 0.6 is 19.2 Å². The van der Waals surface area contributed by atoms with Crippen molar-refractivity contribution >= 4 is 36.5 Å². The number of aromatic nitrogens is 2. The fourth-order valence-electron chi connectivity index (χ4n) is 2.86. The van der Waals surface area contributed by atoms with E-state index in [0.29, 0.717) is 39.8 Å². The van der Waals surface area contributed by atoms with Crippen molar-refractivity contribution in [1.82, 2.24) is 14.9 Å². The molecule has 1 aromatic rings. The zero-order valence-corrected chi connectivity index (χ0v) is 18.6. The van der Waals surface area contributed by atoms with E-state index in [9.17, 15) is 14.5 Å². The number of carbonyl (C=O) groups is 1. The number of nitrogen functional groups attached to an aromatic ring is 1. The fourth-order valence-corrected chi connectivity index (χ4v) is 4.35. The highest BCUT2D eigenvalue weighted by Crippen LogP contribution is 2.37. The van der Waals surface area contributed by atoms with Gasteiger partial charge in [-0.25, -0.2) is 14.5 Å². The molecule has 0 aliphatic heterocycles. The quantitative estimate of drug-likeness (QED) is 0.116. The van der Waals surface area contributed by atoms with Gasteiger partial charge in [0.15, 0.2) is 0 Å². The molecule has 1 amide bonds. The Labute approximate surface area is 178 Å². The molecule has 0 atom stereocenters. The van der Waals surface area contributed by atoms with Crippen molar-refractivity contribution in [2.24, 2.45) is 5.92 Å². The molecular weight excluding hydrogens is 431 g/mol. The zero-order valence-electron chi connectivity index (χ0n) is 16.8. The van der Waals surface area contributed by atoms with E-state index in [1.54, 1.807) is 20.0 Å². The van der Waals surface area contributed by atoms with Gasteiger partial charge in [-0.15, -0.1) is 11.4 Å². The van der Waals surface area contributed by atoms with Crippen LogP contribution in [0.1, 0.15) is 37.6 Å². The summed E-state index contributed by atoms with van der Waals surface area (Å²) in [6, 6.07) is 0. The molecule has 1 heterocycles. The number of hydrogen-bond acceptors (Lipinski definition) is 6. The van der Waals surface area contributed by atoms with Gasteiger partial charge < -0.3 is 25.5 Å². The van der Waals surface area contributed by atoms with E-state index in [0.717, 1.165) is 12.8 Å². The SMILES string of the molecule is C/C(=C(CCOP(=O)(O)O)/[SH]=C(\O)C1CC=CC1)N(C=O)Cc1cnc(C)nc1N. The highest BCUT2D eigenvalue weighted by Gasteiger charge is 2.19. The molecule has 10 nitrogen and oxygen atoms in total. The minimum Gasteiger partial charge on any atom is -0.383 e. The maximum absolute atomic E-state index is 11.8. The van der Waals surface area contributed by atoms with Gasteiger partial charge in [0.05, 0.1) is 18.2 Å². The van der Waals surface area contributed by atoms with Gasteiger partial charge >= 0.3 is 7.82 Å². The first-order chi connectivity index (χ1) is 14.1. The number of aliphatic hydroxyl groups excluding tert-OH is 1. The minimum atomic E-state index is -4.62. The number of anilines is 1. The Morgan fingerprint density at radius 1 is 1.43 bits per heavy atom. The number of rotatable bonds is 10. The van der Waals surface area contributed by atoms with E-state index >= 15 is 0 Å². The largest absolute Gasteiger partial charge is 0.469 e. The van der Waals surface area contributed by atoms with E-state index in [1.165, 1.54) is 4.90 Å². The van der Waals surface area contributed by atoms with E-state index < -0.39 is 7.82 Å². The van der Waals surface area contributed by atoms with E-state index in [1.807, 2.05) is 12.2 Å². The molecular formula is C18H27N4O6PS. The van der Waals surface area contributed by atoms with Crippen molar-refractivity contribution in [3.63, 3.8) is 0 Å². The Morgan fingerprint density at radius 2 is 2.10 bits per heavy atom. The standard InChI is InChI=1S/C18H27N4O6PS/c1-12(22(11-23)10-15-9-20-13(2)21-17(15)19)16(7-8-28-29(25,26)27)30-18(24)14-5-3-4-6-14/h3-4,9,11,14,24,30H,5-8,10H2,1-2H3,(H2,19,20,21)(H2,25,26,27)/b16-12-. The lowest BCUT2D eigenvalue weighted by molar-refractivity contribution is -0.116. The van der Waals surface area contributed by atoms with Crippen LogP contribution in [0.15, 0.2) is 29.0 Å². The molecule has 2 rings (SSSR count). The number of hydrogen-bond donors (Lipinski definition) is 5. The van der Waals surface area contributed by atoms with Crippen molar-refractivity contribution < 1.29 is 28.8 Å². The first-order valence-corrected chi connectivity index (χ1v) is 11.7. The Balaban J connectivity index is 2.30. The Kier molecular flexibility index (Phi) is 8.90. The number of amides is 1. The third kappa shape index (κ3) is 7.42. The van der Waals surface area contributed by atoms with Gasteiger partial charge in [-0.3, -0.25) is 9.32 Å². The summed E-state index contributed by atoms with van der Waals surface area (Å²) in [5, 5.41) is 10.8. The van der Waals surface area contributed by atoms with Crippen LogP contribution in [0.4, 0.5) is 5.82 Å². The normalized spacial score (nSPS) is 16.2. The van der Waals surface area contributed by atoms with Gasteiger partial charge in [-0.2, -0.15) is 0 Å². The molecule has 166 valence electrons. The smallest absolute Gasteiger partial charge is 0.383 e. The van der Waals surface area contributed by atoms with Gasteiger partial charge in [0, 0.05) is 29.8 Å². The molecule has 0 fully saturated rings. The summed E-state index contributed by atoms with van der Waals surface area (Å²) in [7, 11) is -4.62. The van der Waals surface area contributed by atoms with Gasteiger partial charge in [0.1, 0.15) is 11.6 Å². The lowest BCUT2D eigenvalue weighted by atomic mass is 10.1. The first-order valence-electron chi connectivity index (χ1n) is 9.23. The van der Waals surface area contributed by atoms with E-state index in [-0.39, 0.29) is 36.4 Å². The summed E-state index contributed by atoms with van der Waals surface area (Å²) in [6.07, 6.45) is 7.71. The molecule has 1 aliphatic carbocycles. The Morgan fingerprint density at radius 3 is 2.67 bits per heavy atom. The molecule has 1 aliphatic rings. The van der Waals surface area contributed by atoms with Crippen molar-refractivity contribution in [2.45, 2.75) is 39.7 Å². The molecule has 1 aromatic heterocycles. The van der Waals surface area contributed by atoms with Crippen molar-refractivity contribution in [3.8, 4) is 0 Å². The van der Waals surface area contributed by atoms with Crippen LogP contribution in [0.3, 0.4) is 0 Å². The summed E-state index contributed by atoms with van der Waals surface area (Å²) in [5.41, 5.74) is 7.01. The second-order valence-corrected chi connectivity index (χ2v) is 9.24. The summed E-state index contributed by atoms with van der Waals surface area (Å²) >= 11 is 0.475. The lowest BCUT2D eigenvalue weighted by Crippen LogP contribution is -2.22. The number of aliphatic hydroxyl groups is 1. The molecule has 30 heavy (non-hydrogen) atoms. The predicted octanol–water partition coefficient (Wildman–Crippen LogP) is 2.18. The molecule has 5 N–H and O–H groups in total. The van der Waals surface area contributed by atoms with Crippen molar-refractivity contribution in [3.05, 3.63) is 40.3 Å². The summed E-state index contributed by atoms with van der Waals surface area (Å²) in [4.78, 5) is 39.8. The number of phosphoric acid groups is 1. The fraction of sp³-hybridized carbons (Fsp3) is 0.444. The van der Waals surface area contributed by atoms with Crippen LogP contribution in [0.2, 0.25) is 0 Å². The van der Waals surface area contributed by atoms with Crippen molar-refractivity contribution in [1.29, 1.82) is 0 Å². The van der Waals surface area contributed by atoms with Gasteiger partial charge in [0.25, 0.3) is 0 Å². The molecule has 12 heteroatoms. The zero-order chi connectivity index (χ0) is 22.3. The summed E-state index contributed by atoms with van der Waals surface area (Å²) < 4.78 is 15.6. The van der Waals surface area contributed by atoms with Gasteiger partial charge in [-0.05, 0) is 31.6 Å². The predicted molar refractivity (Wildman–Crippen MR) is 117 cm³/mol. The summed E-state index contributed by atoms with van der Waals surface area (Å²) in [5.74, 6) is 0.750. The maximum atomic E-state index is 11.8. The molecule has 0 spiro atoms.